The van der Waals surface area contributed by atoms with E-state index in [9.17, 15) is 10.1 Å². The number of nitro groups is 1. The van der Waals surface area contributed by atoms with Gasteiger partial charge in [-0.2, -0.15) is 0 Å². The number of non-ortho nitro benzene ring substituents is 1. The molecule has 10 heteroatoms. The van der Waals surface area contributed by atoms with E-state index in [1.54, 1.807) is 12.1 Å². The van der Waals surface area contributed by atoms with E-state index in [-0.39, 0.29) is 11.6 Å². The summed E-state index contributed by atoms with van der Waals surface area (Å²) in [4.78, 5) is 14.0. The molecule has 3 rings (SSSR count). The van der Waals surface area contributed by atoms with Crippen molar-refractivity contribution in [3.63, 3.8) is 0 Å². The van der Waals surface area contributed by atoms with Gasteiger partial charge in [0.15, 0.2) is 5.11 Å². The minimum Gasteiger partial charge on any atom is -0.419 e. The molecule has 0 spiro atoms. The normalized spacial score (nSPS) is 13.5. The first-order valence-electron chi connectivity index (χ1n) is 9.34. The molecule has 1 fully saturated rings. The summed E-state index contributed by atoms with van der Waals surface area (Å²) < 4.78 is 5.74. The highest BCUT2D eigenvalue weighted by molar-refractivity contribution is 7.80. The van der Waals surface area contributed by atoms with Crippen molar-refractivity contribution >= 4 is 23.0 Å². The molecule has 2 N–H and O–H groups in total. The molecule has 28 heavy (non-hydrogen) atoms. The van der Waals surface area contributed by atoms with E-state index in [0.717, 1.165) is 32.4 Å². The maximum absolute atomic E-state index is 10.9. The topological polar surface area (TPSA) is 102 Å². The van der Waals surface area contributed by atoms with Crippen molar-refractivity contribution in [1.82, 2.24) is 20.4 Å². The molecule has 0 amide bonds. The third kappa shape index (κ3) is 5.46. The minimum atomic E-state index is -0.447. The van der Waals surface area contributed by atoms with Crippen LogP contribution in [0.25, 0.3) is 11.5 Å². The van der Waals surface area contributed by atoms with E-state index in [2.05, 4.69) is 34.5 Å². The lowest BCUT2D eigenvalue weighted by molar-refractivity contribution is -0.858. The van der Waals surface area contributed by atoms with Crippen LogP contribution in [-0.2, 0) is 6.54 Å². The Hall–Kier alpha value is -2.59. The first-order valence-corrected chi connectivity index (χ1v) is 9.75. The monoisotopic (exact) mass is 405 g/mol. The van der Waals surface area contributed by atoms with Gasteiger partial charge < -0.3 is 19.5 Å². The van der Waals surface area contributed by atoms with Gasteiger partial charge in [0.05, 0.1) is 32.1 Å². The lowest BCUT2D eigenvalue weighted by Gasteiger charge is -2.24. The van der Waals surface area contributed by atoms with Crippen LogP contribution in [-0.4, -0.2) is 58.4 Å². The summed E-state index contributed by atoms with van der Waals surface area (Å²) in [6.07, 6.45) is 3.23. The van der Waals surface area contributed by atoms with Crippen molar-refractivity contribution in [3.8, 4) is 11.5 Å². The fourth-order valence-corrected chi connectivity index (χ4v) is 3.14. The summed E-state index contributed by atoms with van der Waals surface area (Å²) in [5, 5.41) is 23.1. The largest absolute Gasteiger partial charge is 0.419 e. The molecule has 2 aromatic rings. The molecule has 0 bridgehead atoms. The van der Waals surface area contributed by atoms with Crippen LogP contribution >= 0.6 is 12.2 Å². The number of nitro benzene ring substituents is 1. The molecule has 1 aliphatic rings. The lowest BCUT2D eigenvalue weighted by Crippen LogP contribution is -3.05. The molecule has 1 aromatic carbocycles. The van der Waals surface area contributed by atoms with Crippen LogP contribution in [0.1, 0.15) is 25.2 Å². The second kappa shape index (κ2) is 9.07. The molecule has 0 aliphatic heterocycles. The van der Waals surface area contributed by atoms with Crippen molar-refractivity contribution in [2.24, 2.45) is 0 Å². The molecular weight excluding hydrogens is 380 g/mol. The van der Waals surface area contributed by atoms with E-state index in [1.165, 1.54) is 17.0 Å². The quantitative estimate of drug-likeness (QED) is 0.276. The molecule has 1 aromatic heterocycles. The van der Waals surface area contributed by atoms with Crippen LogP contribution in [0, 0.1) is 10.1 Å². The van der Waals surface area contributed by atoms with E-state index in [0.29, 0.717) is 29.2 Å². The van der Waals surface area contributed by atoms with Crippen LogP contribution in [0.3, 0.4) is 0 Å². The second-order valence-corrected chi connectivity index (χ2v) is 7.60. The molecule has 9 nitrogen and oxygen atoms in total. The SMILES string of the molecule is C[NH+](C)CCCNC(=S)N(Cc1nnc(-c2cccc([N+](=O)[O-])c2)o1)C1CC1. The predicted molar refractivity (Wildman–Crippen MR) is 108 cm³/mol. The van der Waals surface area contributed by atoms with Gasteiger partial charge >= 0.3 is 0 Å². The lowest BCUT2D eigenvalue weighted by atomic mass is 10.2. The Bertz CT molecular complexity index is 836. The first-order chi connectivity index (χ1) is 13.4. The summed E-state index contributed by atoms with van der Waals surface area (Å²) in [6, 6.07) is 6.56. The van der Waals surface area contributed by atoms with Crippen molar-refractivity contribution in [1.29, 1.82) is 0 Å². The van der Waals surface area contributed by atoms with E-state index < -0.39 is 4.92 Å². The summed E-state index contributed by atoms with van der Waals surface area (Å²) in [5.41, 5.74) is 0.514. The number of benzene rings is 1. The van der Waals surface area contributed by atoms with Gasteiger partial charge in [0.2, 0.25) is 11.8 Å². The number of quaternary nitrogens is 1. The van der Waals surface area contributed by atoms with E-state index in [1.807, 2.05) is 0 Å². The molecule has 0 radical (unpaired) electrons. The second-order valence-electron chi connectivity index (χ2n) is 7.21. The Balaban J connectivity index is 1.62. The van der Waals surface area contributed by atoms with Gasteiger partial charge in [0, 0.05) is 36.7 Å². The number of thiocarbonyl (C=S) groups is 1. The van der Waals surface area contributed by atoms with Gasteiger partial charge in [-0.1, -0.05) is 6.07 Å². The Kier molecular flexibility index (Phi) is 6.53. The number of aromatic nitrogens is 2. The minimum absolute atomic E-state index is 0.0122. The van der Waals surface area contributed by atoms with Crippen molar-refractivity contribution < 1.29 is 14.2 Å². The van der Waals surface area contributed by atoms with Crippen LogP contribution in [0.5, 0.6) is 0 Å². The Morgan fingerprint density at radius 2 is 2.21 bits per heavy atom. The number of hydrogen-bond donors (Lipinski definition) is 2. The average molecular weight is 406 g/mol. The molecule has 150 valence electrons. The van der Waals surface area contributed by atoms with E-state index >= 15 is 0 Å². The summed E-state index contributed by atoms with van der Waals surface area (Å²) in [6.45, 7) is 2.34. The van der Waals surface area contributed by atoms with Gasteiger partial charge in [0.25, 0.3) is 5.69 Å². The van der Waals surface area contributed by atoms with Crippen LogP contribution in [0.2, 0.25) is 0 Å². The van der Waals surface area contributed by atoms with Gasteiger partial charge in [0.1, 0.15) is 0 Å². The fraction of sp³-hybridized carbons (Fsp3) is 0.500. The van der Waals surface area contributed by atoms with Crippen LogP contribution in [0.15, 0.2) is 28.7 Å². The molecular formula is C18H25N6O3S+. The Labute approximate surface area is 168 Å². The van der Waals surface area contributed by atoms with Crippen molar-refractivity contribution in [2.45, 2.75) is 31.8 Å². The molecule has 0 saturated heterocycles. The van der Waals surface area contributed by atoms with Gasteiger partial charge in [-0.25, -0.2) is 0 Å². The Morgan fingerprint density at radius 3 is 2.89 bits per heavy atom. The van der Waals surface area contributed by atoms with Crippen LogP contribution < -0.4 is 10.2 Å². The third-order valence-corrected chi connectivity index (χ3v) is 4.83. The molecule has 1 heterocycles. The average Bonchev–Trinajstić information content (AvgIpc) is 3.40. The zero-order chi connectivity index (χ0) is 20.1. The van der Waals surface area contributed by atoms with Gasteiger partial charge in [-0.15, -0.1) is 10.2 Å². The van der Waals surface area contributed by atoms with Crippen molar-refractivity contribution in [2.75, 3.05) is 27.2 Å². The molecule has 1 saturated carbocycles. The summed E-state index contributed by atoms with van der Waals surface area (Å²) >= 11 is 5.56. The zero-order valence-electron chi connectivity index (χ0n) is 16.1. The molecule has 0 unspecified atom stereocenters. The fourth-order valence-electron chi connectivity index (χ4n) is 2.82. The number of nitrogens with one attached hydrogen (secondary N) is 2. The Morgan fingerprint density at radius 1 is 1.43 bits per heavy atom. The first kappa shape index (κ1) is 20.2. The maximum atomic E-state index is 10.9. The number of hydrogen-bond acceptors (Lipinski definition) is 6. The summed E-state index contributed by atoms with van der Waals surface area (Å²) in [7, 11) is 4.26. The van der Waals surface area contributed by atoms with E-state index in [4.69, 9.17) is 16.6 Å². The predicted octanol–water partition coefficient (Wildman–Crippen LogP) is 1.02. The highest BCUT2D eigenvalue weighted by Crippen LogP contribution is 2.29. The third-order valence-electron chi connectivity index (χ3n) is 4.45. The number of rotatable bonds is 9. The van der Waals surface area contributed by atoms with Gasteiger partial charge in [-0.05, 0) is 31.1 Å². The molecule has 0 atom stereocenters. The maximum Gasteiger partial charge on any atom is 0.270 e. The zero-order valence-corrected chi connectivity index (χ0v) is 16.9. The summed E-state index contributed by atoms with van der Waals surface area (Å²) in [5.74, 6) is 0.706. The smallest absolute Gasteiger partial charge is 0.270 e. The van der Waals surface area contributed by atoms with Crippen molar-refractivity contribution in [3.05, 3.63) is 40.3 Å². The standard InChI is InChI=1S/C18H24N6O3S/c1-22(2)10-4-9-19-18(28)23(14-7-8-14)12-16-20-21-17(27-16)13-5-3-6-15(11-13)24(25)26/h3,5-6,11,14H,4,7-10,12H2,1-2H3,(H,19,28)/p+1. The van der Waals surface area contributed by atoms with Crippen LogP contribution in [0.4, 0.5) is 5.69 Å². The highest BCUT2D eigenvalue weighted by Gasteiger charge is 2.32. The number of nitrogens with zero attached hydrogens (tertiary/aromatic N) is 4. The highest BCUT2D eigenvalue weighted by atomic mass is 32.1. The van der Waals surface area contributed by atoms with Gasteiger partial charge in [-0.3, -0.25) is 10.1 Å². The molecule has 1 aliphatic carbocycles.